The average Bonchev–Trinajstić information content (AvgIpc) is 3.10. The summed E-state index contributed by atoms with van der Waals surface area (Å²) in [5, 5.41) is 0. The van der Waals surface area contributed by atoms with Gasteiger partial charge in [0.05, 0.1) is 22.3 Å². The fraction of sp³-hybridized carbons (Fsp3) is 0.200. The van der Waals surface area contributed by atoms with Crippen molar-refractivity contribution in [3.05, 3.63) is 144 Å². The molecule has 9 nitrogen and oxygen atoms in total. The molecule has 0 N–H and O–H groups in total. The minimum absolute atomic E-state index is 0.232. The molecule has 5 rings (SSSR count). The topological polar surface area (TPSA) is 114 Å². The Bertz CT molecular complexity index is 1580. The van der Waals surface area contributed by atoms with Crippen LogP contribution in [0.2, 0.25) is 0 Å². The summed E-state index contributed by atoms with van der Waals surface area (Å²) in [6.07, 6.45) is -3.26. The largest absolute Gasteiger partial charge is 0.459 e. The van der Waals surface area contributed by atoms with E-state index in [-0.39, 0.29) is 23.3 Å². The summed E-state index contributed by atoms with van der Waals surface area (Å²) in [6.45, 7) is -0.351. The van der Waals surface area contributed by atoms with Gasteiger partial charge in [-0.1, -0.05) is 72.8 Å². The lowest BCUT2D eigenvalue weighted by atomic mass is 9.98. The molecule has 0 amide bonds. The second-order valence-corrected chi connectivity index (χ2v) is 10.9. The molecule has 230 valence electrons. The highest BCUT2D eigenvalue weighted by atomic mass is 32.2. The van der Waals surface area contributed by atoms with E-state index in [1.807, 2.05) is 0 Å². The first kappa shape index (κ1) is 31.5. The molecule has 1 heterocycles. The molecule has 0 aromatic heterocycles. The summed E-state index contributed by atoms with van der Waals surface area (Å²) in [5.74, 6) is -2.78. The molecule has 45 heavy (non-hydrogen) atoms. The molecular weight excluding hydrogens is 596 g/mol. The van der Waals surface area contributed by atoms with E-state index in [0.29, 0.717) is 5.56 Å². The van der Waals surface area contributed by atoms with Crippen LogP contribution >= 0.6 is 11.8 Å². The Morgan fingerprint density at radius 3 is 1.29 bits per heavy atom. The Labute approximate surface area is 264 Å². The summed E-state index contributed by atoms with van der Waals surface area (Å²) in [7, 11) is 0. The van der Waals surface area contributed by atoms with E-state index in [4.69, 9.17) is 23.7 Å². The van der Waals surface area contributed by atoms with Crippen LogP contribution < -0.4 is 0 Å². The van der Waals surface area contributed by atoms with Crippen LogP contribution in [0.5, 0.6) is 0 Å². The SMILES string of the molecule is CSC1OC(COC(=O)c2ccccc2)C(OC(=O)c2ccccc2)C(OC(=O)c2ccccc2)C1OC(=O)c1ccccc1. The molecule has 10 heteroatoms. The number of carbonyl (C=O) groups is 4. The van der Waals surface area contributed by atoms with E-state index in [0.717, 1.165) is 0 Å². The van der Waals surface area contributed by atoms with Crippen molar-refractivity contribution in [3.63, 3.8) is 0 Å². The highest BCUT2D eigenvalue weighted by Crippen LogP contribution is 2.34. The Hall–Kier alpha value is -4.93. The summed E-state index contributed by atoms with van der Waals surface area (Å²) in [6, 6.07) is 33.2. The monoisotopic (exact) mass is 626 g/mol. The predicted octanol–water partition coefficient (Wildman–Crippen LogP) is 5.61. The lowest BCUT2D eigenvalue weighted by Crippen LogP contribution is -2.61. The van der Waals surface area contributed by atoms with Gasteiger partial charge in [0, 0.05) is 0 Å². The van der Waals surface area contributed by atoms with Crippen molar-refractivity contribution in [2.24, 2.45) is 0 Å². The van der Waals surface area contributed by atoms with Gasteiger partial charge in [-0.15, -0.1) is 11.8 Å². The third-order valence-corrected chi connectivity index (χ3v) is 7.81. The van der Waals surface area contributed by atoms with Gasteiger partial charge in [-0.05, 0) is 54.8 Å². The summed E-state index contributed by atoms with van der Waals surface area (Å²) >= 11 is 1.20. The summed E-state index contributed by atoms with van der Waals surface area (Å²) in [5.41, 5.74) is 0.156. The predicted molar refractivity (Wildman–Crippen MR) is 166 cm³/mol. The zero-order valence-corrected chi connectivity index (χ0v) is 25.0. The highest BCUT2D eigenvalue weighted by Gasteiger charge is 2.53. The van der Waals surface area contributed by atoms with Crippen LogP contribution in [0.4, 0.5) is 0 Å². The smallest absolute Gasteiger partial charge is 0.338 e. The molecule has 0 spiro atoms. The molecule has 0 bridgehead atoms. The van der Waals surface area contributed by atoms with Gasteiger partial charge in [0.2, 0.25) is 0 Å². The van der Waals surface area contributed by atoms with Gasteiger partial charge in [-0.3, -0.25) is 0 Å². The van der Waals surface area contributed by atoms with Crippen molar-refractivity contribution in [2.75, 3.05) is 12.9 Å². The van der Waals surface area contributed by atoms with Crippen LogP contribution in [0.3, 0.4) is 0 Å². The van der Waals surface area contributed by atoms with Gasteiger partial charge in [-0.25, -0.2) is 19.2 Å². The van der Waals surface area contributed by atoms with Crippen LogP contribution in [0, 0.1) is 0 Å². The molecule has 0 aliphatic carbocycles. The summed E-state index contributed by atoms with van der Waals surface area (Å²) < 4.78 is 29.8. The van der Waals surface area contributed by atoms with Crippen molar-refractivity contribution in [1.29, 1.82) is 0 Å². The number of thioether (sulfide) groups is 1. The molecule has 4 aromatic carbocycles. The maximum Gasteiger partial charge on any atom is 0.338 e. The van der Waals surface area contributed by atoms with E-state index < -0.39 is 53.7 Å². The van der Waals surface area contributed by atoms with Crippen molar-refractivity contribution in [1.82, 2.24) is 0 Å². The highest BCUT2D eigenvalue weighted by molar-refractivity contribution is 7.99. The van der Waals surface area contributed by atoms with E-state index in [2.05, 4.69) is 0 Å². The first-order valence-electron chi connectivity index (χ1n) is 14.1. The van der Waals surface area contributed by atoms with Gasteiger partial charge < -0.3 is 23.7 Å². The zero-order valence-electron chi connectivity index (χ0n) is 24.2. The third-order valence-electron chi connectivity index (χ3n) is 6.97. The van der Waals surface area contributed by atoms with E-state index in [9.17, 15) is 19.2 Å². The molecule has 0 saturated carbocycles. The molecule has 5 unspecified atom stereocenters. The summed E-state index contributed by atoms with van der Waals surface area (Å²) in [4.78, 5) is 52.9. The number of benzene rings is 4. The minimum atomic E-state index is -1.34. The second-order valence-electron chi connectivity index (χ2n) is 9.95. The van der Waals surface area contributed by atoms with Crippen molar-refractivity contribution in [3.8, 4) is 0 Å². The van der Waals surface area contributed by atoms with E-state index >= 15 is 0 Å². The number of hydrogen-bond acceptors (Lipinski definition) is 10. The van der Waals surface area contributed by atoms with Gasteiger partial charge in [0.1, 0.15) is 18.1 Å². The van der Waals surface area contributed by atoms with Crippen LogP contribution in [0.25, 0.3) is 0 Å². The molecule has 0 radical (unpaired) electrons. The maximum atomic E-state index is 13.4. The van der Waals surface area contributed by atoms with Crippen LogP contribution in [0.15, 0.2) is 121 Å². The average molecular weight is 627 g/mol. The van der Waals surface area contributed by atoms with Crippen molar-refractivity contribution < 1.29 is 42.9 Å². The standard InChI is InChI=1S/C35H30O9S/c1-45-35-30(44-34(39)26-20-12-5-13-21-26)29(43-33(38)25-18-10-4-11-19-25)28(42-32(37)24-16-8-3-9-17-24)27(41-35)22-40-31(36)23-14-6-2-7-15-23/h2-21,27-30,35H,22H2,1H3. The fourth-order valence-corrected chi connectivity index (χ4v) is 5.45. The van der Waals surface area contributed by atoms with Gasteiger partial charge in [0.25, 0.3) is 0 Å². The number of rotatable bonds is 10. The molecule has 1 fully saturated rings. The number of esters is 4. The first-order valence-corrected chi connectivity index (χ1v) is 15.4. The number of carbonyl (C=O) groups excluding carboxylic acids is 4. The molecule has 4 aromatic rings. The molecule has 1 aliphatic rings. The number of ether oxygens (including phenoxy) is 5. The molecule has 1 aliphatic heterocycles. The van der Waals surface area contributed by atoms with Crippen LogP contribution in [-0.4, -0.2) is 66.6 Å². The van der Waals surface area contributed by atoms with Crippen LogP contribution in [-0.2, 0) is 23.7 Å². The van der Waals surface area contributed by atoms with E-state index in [1.54, 1.807) is 128 Å². The Balaban J connectivity index is 1.50. The Morgan fingerprint density at radius 1 is 0.533 bits per heavy atom. The quantitative estimate of drug-likeness (QED) is 0.163. The lowest BCUT2D eigenvalue weighted by Gasteiger charge is -2.44. The maximum absolute atomic E-state index is 13.4. The Kier molecular flexibility index (Phi) is 10.6. The van der Waals surface area contributed by atoms with Gasteiger partial charge >= 0.3 is 23.9 Å². The fourth-order valence-electron chi connectivity index (χ4n) is 4.72. The van der Waals surface area contributed by atoms with Gasteiger partial charge in [-0.2, -0.15) is 0 Å². The van der Waals surface area contributed by atoms with E-state index in [1.165, 1.54) is 11.8 Å². The zero-order chi connectivity index (χ0) is 31.6. The first-order chi connectivity index (χ1) is 21.9. The normalized spacial score (nSPS) is 20.8. The van der Waals surface area contributed by atoms with Crippen molar-refractivity contribution >= 4 is 35.6 Å². The molecule has 5 atom stereocenters. The van der Waals surface area contributed by atoms with Gasteiger partial charge in [0.15, 0.2) is 18.3 Å². The molecular formula is C35H30O9S. The Morgan fingerprint density at radius 2 is 0.889 bits per heavy atom. The van der Waals surface area contributed by atoms with Crippen LogP contribution in [0.1, 0.15) is 41.4 Å². The number of hydrogen-bond donors (Lipinski definition) is 0. The van der Waals surface area contributed by atoms with Crippen molar-refractivity contribution in [2.45, 2.75) is 29.9 Å². The second kappa shape index (κ2) is 15.2. The lowest BCUT2D eigenvalue weighted by molar-refractivity contribution is -0.207. The molecule has 1 saturated heterocycles. The minimum Gasteiger partial charge on any atom is -0.459 e. The third kappa shape index (κ3) is 7.97.